The Morgan fingerprint density at radius 3 is 2.25 bits per heavy atom. The van der Waals surface area contributed by atoms with Crippen LogP contribution in [-0.4, -0.2) is 37.7 Å². The summed E-state index contributed by atoms with van der Waals surface area (Å²) in [5.74, 6) is -0.632. The minimum atomic E-state index is -0.889. The molecule has 0 aromatic heterocycles. The van der Waals surface area contributed by atoms with Gasteiger partial charge in [0.05, 0.1) is 19.0 Å². The Hall–Kier alpha value is -4.66. The van der Waals surface area contributed by atoms with Crippen LogP contribution >= 0.6 is 0 Å². The molecule has 9 heteroatoms. The third-order valence-electron chi connectivity index (χ3n) is 5.05. The number of para-hydroxylation sites is 2. The Labute approximate surface area is 209 Å². The third-order valence-corrected chi connectivity index (χ3v) is 5.05. The number of rotatable bonds is 9. The van der Waals surface area contributed by atoms with Gasteiger partial charge in [-0.3, -0.25) is 14.4 Å². The number of nitrogens with zero attached hydrogens (tertiary/aromatic N) is 1. The van der Waals surface area contributed by atoms with Crippen LogP contribution in [0.15, 0.2) is 77.9 Å². The molecule has 0 aliphatic carbocycles. The van der Waals surface area contributed by atoms with Gasteiger partial charge in [0.15, 0.2) is 6.61 Å². The zero-order valence-corrected chi connectivity index (χ0v) is 20.3. The van der Waals surface area contributed by atoms with Gasteiger partial charge in [-0.1, -0.05) is 38.1 Å². The molecule has 0 unspecified atom stereocenters. The lowest BCUT2D eigenvalue weighted by atomic mass is 10.0. The summed E-state index contributed by atoms with van der Waals surface area (Å²) >= 11 is 0. The van der Waals surface area contributed by atoms with Gasteiger partial charge in [-0.25, -0.2) is 5.43 Å². The predicted molar refractivity (Wildman–Crippen MR) is 138 cm³/mol. The van der Waals surface area contributed by atoms with Crippen LogP contribution in [0.25, 0.3) is 0 Å². The molecule has 0 heterocycles. The standard InChI is InChI=1S/C27H28N4O5/c1-18(2)20-10-12-21(13-11-20)29-26(33)27(34)31-28-16-19-8-14-22(15-9-19)36-17-25(32)30-23-6-4-5-7-24(23)35-3/h4-16,18H,17H2,1-3H3,(H,29,33)(H,30,32)(H,31,34)/b28-16-. The van der Waals surface area contributed by atoms with Crippen molar-refractivity contribution >= 4 is 35.3 Å². The fourth-order valence-corrected chi connectivity index (χ4v) is 3.09. The topological polar surface area (TPSA) is 118 Å². The Kier molecular flexibility index (Phi) is 9.16. The Morgan fingerprint density at radius 1 is 0.889 bits per heavy atom. The molecule has 0 atom stereocenters. The number of hydrogen-bond donors (Lipinski definition) is 3. The summed E-state index contributed by atoms with van der Waals surface area (Å²) in [6.07, 6.45) is 1.39. The van der Waals surface area contributed by atoms with Gasteiger partial charge in [0.1, 0.15) is 11.5 Å². The number of carbonyl (C=O) groups excluding carboxylic acids is 3. The van der Waals surface area contributed by atoms with Crippen LogP contribution in [0.5, 0.6) is 11.5 Å². The van der Waals surface area contributed by atoms with Gasteiger partial charge < -0.3 is 20.1 Å². The Balaban J connectivity index is 1.43. The van der Waals surface area contributed by atoms with Crippen LogP contribution < -0.4 is 25.5 Å². The Morgan fingerprint density at radius 2 is 1.58 bits per heavy atom. The first-order chi connectivity index (χ1) is 17.4. The van der Waals surface area contributed by atoms with E-state index in [1.807, 2.05) is 18.2 Å². The van der Waals surface area contributed by atoms with E-state index < -0.39 is 11.8 Å². The van der Waals surface area contributed by atoms with Crippen molar-refractivity contribution < 1.29 is 23.9 Å². The lowest BCUT2D eigenvalue weighted by molar-refractivity contribution is -0.136. The first kappa shape index (κ1) is 26.0. The summed E-state index contributed by atoms with van der Waals surface area (Å²) in [5, 5.41) is 9.06. The molecule has 3 N–H and O–H groups in total. The summed E-state index contributed by atoms with van der Waals surface area (Å²) in [7, 11) is 1.53. The van der Waals surface area contributed by atoms with Gasteiger partial charge in [0, 0.05) is 5.69 Å². The van der Waals surface area contributed by atoms with Crippen molar-refractivity contribution in [2.24, 2.45) is 5.10 Å². The number of anilines is 2. The lowest BCUT2D eigenvalue weighted by Gasteiger charge is -2.10. The molecule has 9 nitrogen and oxygen atoms in total. The molecular formula is C27H28N4O5. The number of carbonyl (C=O) groups is 3. The number of benzene rings is 3. The molecule has 0 saturated carbocycles. The van der Waals surface area contributed by atoms with Crippen molar-refractivity contribution in [1.82, 2.24) is 5.43 Å². The minimum absolute atomic E-state index is 0.184. The summed E-state index contributed by atoms with van der Waals surface area (Å²) in [4.78, 5) is 36.2. The van der Waals surface area contributed by atoms with E-state index in [0.29, 0.717) is 34.4 Å². The normalized spacial score (nSPS) is 10.7. The van der Waals surface area contributed by atoms with Gasteiger partial charge >= 0.3 is 11.8 Å². The number of hydrogen-bond acceptors (Lipinski definition) is 6. The van der Waals surface area contributed by atoms with Crippen molar-refractivity contribution in [3.63, 3.8) is 0 Å². The molecule has 0 aliphatic heterocycles. The molecular weight excluding hydrogens is 460 g/mol. The fraction of sp³-hybridized carbons (Fsp3) is 0.185. The van der Waals surface area contributed by atoms with E-state index in [0.717, 1.165) is 5.56 Å². The van der Waals surface area contributed by atoms with Gasteiger partial charge in [-0.2, -0.15) is 5.10 Å². The first-order valence-corrected chi connectivity index (χ1v) is 11.3. The third kappa shape index (κ3) is 7.69. The van der Waals surface area contributed by atoms with Crippen LogP contribution in [0.4, 0.5) is 11.4 Å². The average Bonchev–Trinajstić information content (AvgIpc) is 2.88. The van der Waals surface area contributed by atoms with E-state index in [1.165, 1.54) is 13.3 Å². The van der Waals surface area contributed by atoms with Crippen molar-refractivity contribution in [1.29, 1.82) is 0 Å². The van der Waals surface area contributed by atoms with E-state index in [-0.39, 0.29) is 12.5 Å². The fourth-order valence-electron chi connectivity index (χ4n) is 3.09. The summed E-state index contributed by atoms with van der Waals surface area (Å²) < 4.78 is 10.7. The number of ether oxygens (including phenoxy) is 2. The van der Waals surface area contributed by atoms with Gasteiger partial charge in [-0.15, -0.1) is 0 Å². The molecule has 0 spiro atoms. The number of methoxy groups -OCH3 is 1. The maximum absolute atomic E-state index is 12.2. The van der Waals surface area contributed by atoms with Gasteiger partial charge in [-0.05, 0) is 65.6 Å². The monoisotopic (exact) mass is 488 g/mol. The molecule has 3 aromatic carbocycles. The predicted octanol–water partition coefficient (Wildman–Crippen LogP) is 3.92. The van der Waals surface area contributed by atoms with E-state index in [9.17, 15) is 14.4 Å². The zero-order chi connectivity index (χ0) is 25.9. The van der Waals surface area contributed by atoms with Gasteiger partial charge in [0.25, 0.3) is 5.91 Å². The lowest BCUT2D eigenvalue weighted by Crippen LogP contribution is -2.32. The summed E-state index contributed by atoms with van der Waals surface area (Å²) in [6.45, 7) is 3.96. The van der Waals surface area contributed by atoms with E-state index in [2.05, 4.69) is 35.0 Å². The second kappa shape index (κ2) is 12.7. The minimum Gasteiger partial charge on any atom is -0.495 e. The van der Waals surface area contributed by atoms with Crippen molar-refractivity contribution in [2.75, 3.05) is 24.4 Å². The van der Waals surface area contributed by atoms with Gasteiger partial charge in [0.2, 0.25) is 0 Å². The number of nitrogens with one attached hydrogen (secondary N) is 3. The molecule has 0 bridgehead atoms. The molecule has 0 aliphatic rings. The molecule has 3 aromatic rings. The van der Waals surface area contributed by atoms with Crippen molar-refractivity contribution in [3.8, 4) is 11.5 Å². The smallest absolute Gasteiger partial charge is 0.329 e. The summed E-state index contributed by atoms with van der Waals surface area (Å²) in [5.41, 5.74) is 5.06. The Bertz CT molecular complexity index is 1220. The van der Waals surface area contributed by atoms with Crippen LogP contribution in [-0.2, 0) is 14.4 Å². The average molecular weight is 489 g/mol. The van der Waals surface area contributed by atoms with Crippen molar-refractivity contribution in [2.45, 2.75) is 19.8 Å². The number of amides is 3. The molecule has 36 heavy (non-hydrogen) atoms. The zero-order valence-electron chi connectivity index (χ0n) is 20.3. The van der Waals surface area contributed by atoms with E-state index in [1.54, 1.807) is 54.6 Å². The number of hydrazone groups is 1. The summed E-state index contributed by atoms with van der Waals surface area (Å²) in [6, 6.07) is 21.1. The maximum Gasteiger partial charge on any atom is 0.329 e. The highest BCUT2D eigenvalue weighted by Gasteiger charge is 2.13. The van der Waals surface area contributed by atoms with Crippen LogP contribution in [0, 0.1) is 0 Å². The molecule has 0 radical (unpaired) electrons. The molecule has 3 amide bonds. The second-order valence-corrected chi connectivity index (χ2v) is 8.04. The molecule has 186 valence electrons. The molecule has 0 fully saturated rings. The molecule has 0 saturated heterocycles. The molecule has 3 rings (SSSR count). The quantitative estimate of drug-likeness (QED) is 0.240. The highest BCUT2D eigenvalue weighted by atomic mass is 16.5. The maximum atomic E-state index is 12.2. The largest absolute Gasteiger partial charge is 0.495 e. The van der Waals surface area contributed by atoms with Crippen LogP contribution in [0.2, 0.25) is 0 Å². The van der Waals surface area contributed by atoms with E-state index in [4.69, 9.17) is 9.47 Å². The van der Waals surface area contributed by atoms with Crippen LogP contribution in [0.1, 0.15) is 30.9 Å². The van der Waals surface area contributed by atoms with Crippen molar-refractivity contribution in [3.05, 3.63) is 83.9 Å². The second-order valence-electron chi connectivity index (χ2n) is 8.04. The highest BCUT2D eigenvalue weighted by Crippen LogP contribution is 2.23. The highest BCUT2D eigenvalue weighted by molar-refractivity contribution is 6.39. The first-order valence-electron chi connectivity index (χ1n) is 11.3. The van der Waals surface area contributed by atoms with Crippen LogP contribution in [0.3, 0.4) is 0 Å². The van der Waals surface area contributed by atoms with E-state index >= 15 is 0 Å². The SMILES string of the molecule is COc1ccccc1NC(=O)COc1ccc(/C=N\NC(=O)C(=O)Nc2ccc(C(C)C)cc2)cc1.